The van der Waals surface area contributed by atoms with Crippen molar-refractivity contribution >= 4 is 10.9 Å². The molecule has 182 valence electrons. The molecule has 8 nitrogen and oxygen atoms in total. The summed E-state index contributed by atoms with van der Waals surface area (Å²) in [5, 5.41) is 4.06. The van der Waals surface area contributed by atoms with E-state index in [1.54, 1.807) is 30.7 Å². The van der Waals surface area contributed by atoms with Crippen LogP contribution in [0, 0.1) is 5.92 Å². The summed E-state index contributed by atoms with van der Waals surface area (Å²) in [5.74, 6) is 1.68. The fraction of sp³-hybridized carbons (Fsp3) is 0.333. The molecule has 0 radical (unpaired) electrons. The number of ether oxygens (including phenoxy) is 1. The van der Waals surface area contributed by atoms with Gasteiger partial charge in [-0.05, 0) is 62.2 Å². The number of nitrogens with zero attached hydrogens (tertiary/aromatic N) is 4. The largest absolute Gasteiger partial charge is 0.484 e. The Hall–Kier alpha value is -3.62. The van der Waals surface area contributed by atoms with Crippen LogP contribution in [0.1, 0.15) is 24.4 Å². The minimum Gasteiger partial charge on any atom is -0.484 e. The van der Waals surface area contributed by atoms with Crippen LogP contribution in [0.5, 0.6) is 5.75 Å². The summed E-state index contributed by atoms with van der Waals surface area (Å²) >= 11 is 0. The molecule has 8 heteroatoms. The zero-order valence-corrected chi connectivity index (χ0v) is 19.9. The zero-order chi connectivity index (χ0) is 24.5. The number of nitrogens with one attached hydrogen (secondary N) is 2. The van der Waals surface area contributed by atoms with E-state index in [0.717, 1.165) is 44.7 Å². The molecule has 0 aliphatic carbocycles. The van der Waals surface area contributed by atoms with E-state index >= 15 is 0 Å². The number of piperidine rings is 1. The van der Waals surface area contributed by atoms with Crippen LogP contribution in [0.3, 0.4) is 0 Å². The fourth-order valence-corrected chi connectivity index (χ4v) is 4.29. The highest BCUT2D eigenvalue weighted by atomic mass is 16.5. The summed E-state index contributed by atoms with van der Waals surface area (Å²) in [4.78, 5) is 31.1. The Labute approximate surface area is 205 Å². The Balaban J connectivity index is 1.33. The molecule has 4 rings (SSSR count). The number of aromatic nitrogens is 4. The van der Waals surface area contributed by atoms with Gasteiger partial charge in [-0.25, -0.2) is 4.98 Å². The van der Waals surface area contributed by atoms with Crippen LogP contribution in [0.2, 0.25) is 0 Å². The lowest BCUT2D eigenvalue weighted by Gasteiger charge is -2.32. The van der Waals surface area contributed by atoms with Gasteiger partial charge in [0.15, 0.2) is 0 Å². The summed E-state index contributed by atoms with van der Waals surface area (Å²) in [6, 6.07) is 5.30. The number of hydrogen-bond acceptors (Lipinski definition) is 7. The van der Waals surface area contributed by atoms with Crippen LogP contribution in [0.25, 0.3) is 10.9 Å². The SMILES string of the molecule is C=C/C=C(\C=C)CN1CCC(CNCc2nccc3c(=O)[nH]c(COc4cccnc4)nc23)CC1. The molecule has 0 amide bonds. The molecule has 3 aromatic heterocycles. The standard InChI is InChI=1S/C27H32N6O2/c1-3-6-20(4-2)18-33-13-9-21(10-14-33)15-29-17-24-26-23(8-12-30-24)27(34)32-25(31-26)19-35-22-7-5-11-28-16-22/h3-8,11-12,16,21,29H,1-2,9-10,13-15,17-19H2,(H,31,32,34)/b20-6+. The van der Waals surface area contributed by atoms with Crippen LogP contribution in [0.4, 0.5) is 0 Å². The minimum atomic E-state index is -0.194. The van der Waals surface area contributed by atoms with Gasteiger partial charge in [0.1, 0.15) is 23.7 Å². The third kappa shape index (κ3) is 6.71. The van der Waals surface area contributed by atoms with Gasteiger partial charge < -0.3 is 15.0 Å². The van der Waals surface area contributed by atoms with Gasteiger partial charge >= 0.3 is 0 Å². The number of likely N-dealkylation sites (tertiary alicyclic amines) is 1. The third-order valence-corrected chi connectivity index (χ3v) is 6.19. The molecule has 1 aliphatic heterocycles. The first-order valence-electron chi connectivity index (χ1n) is 11.9. The highest BCUT2D eigenvalue weighted by Gasteiger charge is 2.19. The van der Waals surface area contributed by atoms with Crippen molar-refractivity contribution in [3.8, 4) is 5.75 Å². The molecule has 0 spiro atoms. The van der Waals surface area contributed by atoms with Gasteiger partial charge in [0.2, 0.25) is 0 Å². The second-order valence-electron chi connectivity index (χ2n) is 8.68. The molecule has 0 unspecified atom stereocenters. The zero-order valence-electron chi connectivity index (χ0n) is 19.9. The number of aromatic amines is 1. The predicted octanol–water partition coefficient (Wildman–Crippen LogP) is 3.39. The number of rotatable bonds is 11. The minimum absolute atomic E-state index is 0.146. The maximum atomic E-state index is 12.6. The molecule has 0 atom stereocenters. The Morgan fingerprint density at radius 1 is 1.26 bits per heavy atom. The van der Waals surface area contributed by atoms with Gasteiger partial charge in [0, 0.05) is 25.5 Å². The Morgan fingerprint density at radius 2 is 2.11 bits per heavy atom. The van der Waals surface area contributed by atoms with Crippen LogP contribution in [-0.4, -0.2) is 51.0 Å². The number of fused-ring (bicyclic) bond motifs is 1. The second kappa shape index (κ2) is 12.2. The van der Waals surface area contributed by atoms with Crippen molar-refractivity contribution in [2.24, 2.45) is 5.92 Å². The smallest absolute Gasteiger partial charge is 0.258 e. The Bertz CT molecular complexity index is 1230. The number of pyridine rings is 2. The Morgan fingerprint density at radius 3 is 2.86 bits per heavy atom. The molecule has 0 saturated carbocycles. The van der Waals surface area contributed by atoms with Crippen LogP contribution >= 0.6 is 0 Å². The van der Waals surface area contributed by atoms with Crippen molar-refractivity contribution in [3.63, 3.8) is 0 Å². The van der Waals surface area contributed by atoms with Gasteiger partial charge in [0.05, 0.1) is 17.3 Å². The van der Waals surface area contributed by atoms with E-state index < -0.39 is 0 Å². The van der Waals surface area contributed by atoms with Crippen molar-refractivity contribution in [1.29, 1.82) is 0 Å². The van der Waals surface area contributed by atoms with E-state index in [4.69, 9.17) is 4.74 Å². The first-order chi connectivity index (χ1) is 17.2. The van der Waals surface area contributed by atoms with Gasteiger partial charge in [-0.1, -0.05) is 31.4 Å². The van der Waals surface area contributed by atoms with Crippen molar-refractivity contribution in [2.75, 3.05) is 26.2 Å². The van der Waals surface area contributed by atoms with E-state index in [9.17, 15) is 4.79 Å². The lowest BCUT2D eigenvalue weighted by molar-refractivity contribution is 0.195. The number of hydrogen-bond donors (Lipinski definition) is 2. The van der Waals surface area contributed by atoms with Gasteiger partial charge in [-0.15, -0.1) is 0 Å². The highest BCUT2D eigenvalue weighted by Crippen LogP contribution is 2.18. The fourth-order valence-electron chi connectivity index (χ4n) is 4.29. The molecule has 0 bridgehead atoms. The third-order valence-electron chi connectivity index (χ3n) is 6.19. The molecule has 35 heavy (non-hydrogen) atoms. The summed E-state index contributed by atoms with van der Waals surface area (Å²) < 4.78 is 5.70. The summed E-state index contributed by atoms with van der Waals surface area (Å²) in [6.45, 7) is 12.3. The van der Waals surface area contributed by atoms with Crippen molar-refractivity contribution < 1.29 is 4.74 Å². The molecule has 3 aromatic rings. The average Bonchev–Trinajstić information content (AvgIpc) is 2.89. The van der Waals surface area contributed by atoms with E-state index in [0.29, 0.717) is 34.9 Å². The molecule has 1 aliphatic rings. The molecule has 2 N–H and O–H groups in total. The van der Waals surface area contributed by atoms with E-state index in [2.05, 4.69) is 43.3 Å². The lowest BCUT2D eigenvalue weighted by atomic mass is 9.96. The summed E-state index contributed by atoms with van der Waals surface area (Å²) in [6.07, 6.45) is 13.0. The van der Waals surface area contributed by atoms with Gasteiger partial charge in [-0.2, -0.15) is 0 Å². The van der Waals surface area contributed by atoms with Crippen LogP contribution in [0.15, 0.2) is 78.5 Å². The topological polar surface area (TPSA) is 96.0 Å². The lowest BCUT2D eigenvalue weighted by Crippen LogP contribution is -2.38. The first-order valence-corrected chi connectivity index (χ1v) is 11.9. The Kier molecular flexibility index (Phi) is 8.53. The van der Waals surface area contributed by atoms with Gasteiger partial charge in [-0.3, -0.25) is 19.7 Å². The van der Waals surface area contributed by atoms with E-state index in [1.165, 1.54) is 5.57 Å². The monoisotopic (exact) mass is 472 g/mol. The first kappa shape index (κ1) is 24.5. The molecular formula is C27H32N6O2. The molecule has 0 aromatic carbocycles. The molecule has 1 saturated heterocycles. The highest BCUT2D eigenvalue weighted by molar-refractivity contribution is 5.79. The summed E-state index contributed by atoms with van der Waals surface area (Å²) in [5.41, 5.74) is 2.37. The number of allylic oxidation sites excluding steroid dienone is 2. The maximum absolute atomic E-state index is 12.6. The van der Waals surface area contributed by atoms with Gasteiger partial charge in [0.25, 0.3) is 5.56 Å². The van der Waals surface area contributed by atoms with E-state index in [-0.39, 0.29) is 12.2 Å². The second-order valence-corrected chi connectivity index (χ2v) is 8.68. The normalized spacial score (nSPS) is 15.3. The van der Waals surface area contributed by atoms with E-state index in [1.807, 2.05) is 24.3 Å². The van der Waals surface area contributed by atoms with Crippen molar-refractivity contribution in [1.82, 2.24) is 30.2 Å². The summed E-state index contributed by atoms with van der Waals surface area (Å²) in [7, 11) is 0. The van der Waals surface area contributed by atoms with Crippen LogP contribution < -0.4 is 15.6 Å². The molecule has 4 heterocycles. The maximum Gasteiger partial charge on any atom is 0.258 e. The molecular weight excluding hydrogens is 440 g/mol. The average molecular weight is 473 g/mol. The van der Waals surface area contributed by atoms with Crippen LogP contribution in [-0.2, 0) is 13.2 Å². The quantitative estimate of drug-likeness (QED) is 0.413. The van der Waals surface area contributed by atoms with Crippen molar-refractivity contribution in [3.05, 3.63) is 95.6 Å². The molecule has 1 fully saturated rings. The number of H-pyrrole nitrogens is 1. The van der Waals surface area contributed by atoms with Crippen molar-refractivity contribution in [2.45, 2.75) is 26.0 Å². The predicted molar refractivity (Wildman–Crippen MR) is 138 cm³/mol.